The molecule has 0 fully saturated rings. The first-order valence-corrected chi connectivity index (χ1v) is 6.22. The van der Waals surface area contributed by atoms with Crippen molar-refractivity contribution in [2.45, 2.75) is 24.9 Å². The van der Waals surface area contributed by atoms with E-state index in [1.165, 1.54) is 11.1 Å². The Kier molecular flexibility index (Phi) is 2.60. The second kappa shape index (κ2) is 4.14. The van der Waals surface area contributed by atoms with Crippen molar-refractivity contribution in [1.29, 1.82) is 0 Å². The smallest absolute Gasteiger partial charge is 0.115 e. The third-order valence-corrected chi connectivity index (χ3v) is 3.63. The van der Waals surface area contributed by atoms with Crippen molar-refractivity contribution in [2.75, 3.05) is 0 Å². The van der Waals surface area contributed by atoms with Gasteiger partial charge < -0.3 is 10.2 Å². The van der Waals surface area contributed by atoms with E-state index in [-0.39, 0.29) is 5.75 Å². The number of hydrogen-bond acceptors (Lipinski definition) is 2. The molecular weight excluding hydrogens is 224 g/mol. The summed E-state index contributed by atoms with van der Waals surface area (Å²) in [6, 6.07) is 15.3. The van der Waals surface area contributed by atoms with Crippen LogP contribution in [0, 0.1) is 0 Å². The molecule has 2 aromatic rings. The van der Waals surface area contributed by atoms with Gasteiger partial charge in [0.15, 0.2) is 0 Å². The fourth-order valence-corrected chi connectivity index (χ4v) is 2.79. The summed E-state index contributed by atoms with van der Waals surface area (Å²) in [6.07, 6.45) is 2.05. The summed E-state index contributed by atoms with van der Waals surface area (Å²) in [5.74, 6) is 0.264. The molecule has 0 saturated carbocycles. The van der Waals surface area contributed by atoms with Gasteiger partial charge in [-0.05, 0) is 28.8 Å². The van der Waals surface area contributed by atoms with Crippen LogP contribution in [0.25, 0.3) is 0 Å². The number of phenols is 1. The molecule has 2 aromatic carbocycles. The maximum absolute atomic E-state index is 10.7. The highest BCUT2D eigenvalue weighted by atomic mass is 16.3. The molecule has 3 rings (SSSR count). The quantitative estimate of drug-likeness (QED) is 0.846. The maximum Gasteiger partial charge on any atom is 0.115 e. The van der Waals surface area contributed by atoms with Crippen LogP contribution in [0.4, 0.5) is 0 Å². The van der Waals surface area contributed by atoms with E-state index in [9.17, 15) is 10.2 Å². The average molecular weight is 240 g/mol. The molecule has 0 bridgehead atoms. The lowest BCUT2D eigenvalue weighted by atomic mass is 9.91. The number of phenolic OH excluding ortho intramolecular Hbond substituents is 1. The van der Waals surface area contributed by atoms with E-state index < -0.39 is 5.60 Å². The monoisotopic (exact) mass is 240 g/mol. The summed E-state index contributed by atoms with van der Waals surface area (Å²) in [7, 11) is 0. The minimum absolute atomic E-state index is 0.264. The molecule has 0 amide bonds. The van der Waals surface area contributed by atoms with Gasteiger partial charge in [0.05, 0.1) is 5.60 Å². The molecule has 0 heterocycles. The molecule has 0 unspecified atom stereocenters. The van der Waals surface area contributed by atoms with Crippen molar-refractivity contribution >= 4 is 0 Å². The first-order valence-electron chi connectivity index (χ1n) is 6.22. The third-order valence-electron chi connectivity index (χ3n) is 3.63. The molecule has 0 aliphatic heterocycles. The lowest BCUT2D eigenvalue weighted by Crippen LogP contribution is -2.32. The van der Waals surface area contributed by atoms with Crippen molar-refractivity contribution in [2.24, 2.45) is 0 Å². The van der Waals surface area contributed by atoms with Crippen molar-refractivity contribution in [3.05, 3.63) is 65.2 Å². The van der Waals surface area contributed by atoms with Crippen LogP contribution in [0.2, 0.25) is 0 Å². The molecular formula is C16H16O2. The largest absolute Gasteiger partial charge is 0.508 e. The van der Waals surface area contributed by atoms with E-state index >= 15 is 0 Å². The predicted molar refractivity (Wildman–Crippen MR) is 70.6 cm³/mol. The van der Waals surface area contributed by atoms with Gasteiger partial charge in [0.25, 0.3) is 0 Å². The number of fused-ring (bicyclic) bond motifs is 1. The van der Waals surface area contributed by atoms with Crippen LogP contribution in [0.3, 0.4) is 0 Å². The van der Waals surface area contributed by atoms with Crippen LogP contribution >= 0.6 is 0 Å². The van der Waals surface area contributed by atoms with Gasteiger partial charge in [0.2, 0.25) is 0 Å². The molecule has 0 saturated heterocycles. The molecule has 0 atom stereocenters. The summed E-state index contributed by atoms with van der Waals surface area (Å²) in [6.45, 7) is 0. The Morgan fingerprint density at radius 2 is 1.44 bits per heavy atom. The van der Waals surface area contributed by atoms with Crippen molar-refractivity contribution in [3.63, 3.8) is 0 Å². The predicted octanol–water partition coefficient (Wildman–Crippen LogP) is 2.46. The molecule has 0 aromatic heterocycles. The zero-order valence-electron chi connectivity index (χ0n) is 10.1. The molecule has 18 heavy (non-hydrogen) atoms. The van der Waals surface area contributed by atoms with Gasteiger partial charge >= 0.3 is 0 Å². The number of benzene rings is 2. The first kappa shape index (κ1) is 11.3. The maximum atomic E-state index is 10.7. The van der Waals surface area contributed by atoms with Crippen molar-refractivity contribution in [1.82, 2.24) is 0 Å². The van der Waals surface area contributed by atoms with Gasteiger partial charge in [0, 0.05) is 19.3 Å². The van der Waals surface area contributed by atoms with Gasteiger partial charge in [-0.2, -0.15) is 0 Å². The average Bonchev–Trinajstić information content (AvgIpc) is 2.68. The van der Waals surface area contributed by atoms with E-state index in [1.807, 2.05) is 24.3 Å². The Hall–Kier alpha value is -1.80. The van der Waals surface area contributed by atoms with Crippen LogP contribution in [0.15, 0.2) is 48.5 Å². The van der Waals surface area contributed by atoms with Crippen molar-refractivity contribution in [3.8, 4) is 5.75 Å². The fourth-order valence-electron chi connectivity index (χ4n) is 2.79. The zero-order chi connectivity index (χ0) is 12.6. The van der Waals surface area contributed by atoms with E-state index in [1.54, 1.807) is 12.1 Å². The molecule has 2 N–H and O–H groups in total. The van der Waals surface area contributed by atoms with Gasteiger partial charge in [-0.1, -0.05) is 36.4 Å². The second-order valence-electron chi connectivity index (χ2n) is 5.19. The molecule has 2 heteroatoms. The van der Waals surface area contributed by atoms with Crippen LogP contribution in [-0.2, 0) is 19.3 Å². The lowest BCUT2D eigenvalue weighted by Gasteiger charge is -2.22. The van der Waals surface area contributed by atoms with Gasteiger partial charge in [0.1, 0.15) is 5.75 Å². The lowest BCUT2D eigenvalue weighted by molar-refractivity contribution is 0.0518. The number of aliphatic hydroxyl groups is 1. The molecule has 92 valence electrons. The van der Waals surface area contributed by atoms with Crippen LogP contribution in [0.1, 0.15) is 16.7 Å². The Morgan fingerprint density at radius 3 is 2.00 bits per heavy atom. The Labute approximate surface area is 107 Å². The van der Waals surface area contributed by atoms with E-state index in [0.29, 0.717) is 19.3 Å². The Bertz CT molecular complexity index is 533. The van der Waals surface area contributed by atoms with Crippen LogP contribution in [0.5, 0.6) is 5.75 Å². The minimum Gasteiger partial charge on any atom is -0.508 e. The number of aromatic hydroxyl groups is 1. The highest BCUT2D eigenvalue weighted by Crippen LogP contribution is 2.32. The van der Waals surface area contributed by atoms with Gasteiger partial charge in [-0.15, -0.1) is 0 Å². The highest BCUT2D eigenvalue weighted by molar-refractivity contribution is 5.37. The summed E-state index contributed by atoms with van der Waals surface area (Å²) in [4.78, 5) is 0. The minimum atomic E-state index is -0.680. The summed E-state index contributed by atoms with van der Waals surface area (Å²) >= 11 is 0. The Balaban J connectivity index is 1.80. The van der Waals surface area contributed by atoms with E-state index in [4.69, 9.17) is 0 Å². The Morgan fingerprint density at radius 1 is 0.889 bits per heavy atom. The van der Waals surface area contributed by atoms with Crippen LogP contribution in [-0.4, -0.2) is 15.8 Å². The topological polar surface area (TPSA) is 40.5 Å². The van der Waals surface area contributed by atoms with Gasteiger partial charge in [-0.25, -0.2) is 0 Å². The summed E-state index contributed by atoms with van der Waals surface area (Å²) in [5, 5.41) is 19.9. The van der Waals surface area contributed by atoms with E-state index in [0.717, 1.165) is 5.56 Å². The SMILES string of the molecule is Oc1ccc(CC2(O)Cc3ccccc3C2)cc1. The standard InChI is InChI=1S/C16H16O2/c17-15-7-5-12(6-8-15)9-16(18)10-13-3-1-2-4-14(13)11-16/h1-8,17-18H,9-11H2. The molecule has 1 aliphatic rings. The number of hydrogen-bond donors (Lipinski definition) is 2. The van der Waals surface area contributed by atoms with Crippen molar-refractivity contribution < 1.29 is 10.2 Å². The highest BCUT2D eigenvalue weighted by Gasteiger charge is 2.34. The van der Waals surface area contributed by atoms with Gasteiger partial charge in [-0.3, -0.25) is 0 Å². The molecule has 0 radical (unpaired) electrons. The summed E-state index contributed by atoms with van der Waals surface area (Å²) < 4.78 is 0. The normalized spacial score (nSPS) is 16.5. The van der Waals surface area contributed by atoms with Crippen LogP contribution < -0.4 is 0 Å². The molecule has 1 aliphatic carbocycles. The fraction of sp³-hybridized carbons (Fsp3) is 0.250. The third kappa shape index (κ3) is 2.12. The first-order chi connectivity index (χ1) is 8.65. The molecule has 2 nitrogen and oxygen atoms in total. The van der Waals surface area contributed by atoms with E-state index in [2.05, 4.69) is 12.1 Å². The molecule has 0 spiro atoms. The summed E-state index contributed by atoms with van der Waals surface area (Å²) in [5.41, 5.74) is 2.88. The zero-order valence-corrected chi connectivity index (χ0v) is 10.1. The number of rotatable bonds is 2. The second-order valence-corrected chi connectivity index (χ2v) is 5.19.